The molecule has 0 saturated carbocycles. The lowest BCUT2D eigenvalue weighted by molar-refractivity contribution is 0.317. The lowest BCUT2D eigenvalue weighted by atomic mass is 10.1. The van der Waals surface area contributed by atoms with Crippen molar-refractivity contribution >= 4 is 33.4 Å². The van der Waals surface area contributed by atoms with Crippen LogP contribution >= 0.6 is 11.3 Å². The van der Waals surface area contributed by atoms with Crippen molar-refractivity contribution in [2.75, 3.05) is 6.61 Å². The molecule has 0 atom stereocenters. The maximum atomic E-state index is 13.3. The molecular weight excluding hydrogens is 456 g/mol. The van der Waals surface area contributed by atoms with Gasteiger partial charge in [0.25, 0.3) is 5.56 Å². The second-order valence-corrected chi connectivity index (χ2v) is 9.23. The van der Waals surface area contributed by atoms with E-state index in [9.17, 15) is 4.79 Å². The van der Waals surface area contributed by atoms with Crippen molar-refractivity contribution in [1.29, 1.82) is 0 Å². The highest BCUT2D eigenvalue weighted by molar-refractivity contribution is 7.15. The van der Waals surface area contributed by atoms with Gasteiger partial charge in [-0.25, -0.2) is 14.1 Å². The fourth-order valence-electron chi connectivity index (χ4n) is 4.11. The SMILES string of the molecule is CCCOc1ccc(-c2nn(-c3ccccc3)cc2C=c2sc3nc4ccccc4n3c2=O)cc1. The Morgan fingerprint density at radius 2 is 1.74 bits per heavy atom. The molecule has 7 heteroatoms. The normalized spacial score (nSPS) is 12.1. The number of thiazole rings is 1. The predicted octanol–water partition coefficient (Wildman–Crippen LogP) is 5.10. The van der Waals surface area contributed by atoms with Gasteiger partial charge in [-0.15, -0.1) is 0 Å². The third-order valence-corrected chi connectivity index (χ3v) is 6.76. The highest BCUT2D eigenvalue weighted by Gasteiger charge is 2.14. The molecule has 172 valence electrons. The minimum absolute atomic E-state index is 0.0691. The van der Waals surface area contributed by atoms with Gasteiger partial charge in [0.2, 0.25) is 0 Å². The van der Waals surface area contributed by atoms with Gasteiger partial charge in [-0.3, -0.25) is 4.79 Å². The van der Waals surface area contributed by atoms with Gasteiger partial charge in [-0.1, -0.05) is 48.6 Å². The van der Waals surface area contributed by atoms with Crippen molar-refractivity contribution < 1.29 is 4.74 Å². The van der Waals surface area contributed by atoms with Crippen LogP contribution in [-0.2, 0) is 0 Å². The number of ether oxygens (including phenoxy) is 1. The molecule has 0 aliphatic heterocycles. The lowest BCUT2D eigenvalue weighted by Gasteiger charge is -2.05. The zero-order valence-electron chi connectivity index (χ0n) is 19.1. The molecule has 0 aliphatic rings. The number of hydrogen-bond donors (Lipinski definition) is 0. The van der Waals surface area contributed by atoms with Crippen LogP contribution in [0.2, 0.25) is 0 Å². The summed E-state index contributed by atoms with van der Waals surface area (Å²) in [6.07, 6.45) is 4.84. The van der Waals surface area contributed by atoms with E-state index in [1.165, 1.54) is 11.3 Å². The molecule has 0 radical (unpaired) electrons. The minimum Gasteiger partial charge on any atom is -0.494 e. The van der Waals surface area contributed by atoms with Crippen LogP contribution in [0.5, 0.6) is 5.75 Å². The third-order valence-electron chi connectivity index (χ3n) is 5.80. The highest BCUT2D eigenvalue weighted by atomic mass is 32.1. The van der Waals surface area contributed by atoms with Crippen LogP contribution in [0.15, 0.2) is 89.9 Å². The van der Waals surface area contributed by atoms with Gasteiger partial charge in [0, 0.05) is 17.3 Å². The molecule has 6 rings (SSSR count). The quantitative estimate of drug-likeness (QED) is 0.334. The Hall–Kier alpha value is -4.23. The highest BCUT2D eigenvalue weighted by Crippen LogP contribution is 2.27. The van der Waals surface area contributed by atoms with Crippen molar-refractivity contribution in [3.05, 3.63) is 106 Å². The van der Waals surface area contributed by atoms with Crippen molar-refractivity contribution in [2.24, 2.45) is 0 Å². The summed E-state index contributed by atoms with van der Waals surface area (Å²) in [7, 11) is 0. The fourth-order valence-corrected chi connectivity index (χ4v) is 5.09. The molecule has 3 heterocycles. The van der Waals surface area contributed by atoms with E-state index in [0.717, 1.165) is 45.7 Å². The van der Waals surface area contributed by atoms with E-state index in [2.05, 4.69) is 11.9 Å². The predicted molar refractivity (Wildman–Crippen MR) is 140 cm³/mol. The van der Waals surface area contributed by atoms with Gasteiger partial charge in [0.15, 0.2) is 4.96 Å². The van der Waals surface area contributed by atoms with Gasteiger partial charge in [0.1, 0.15) is 11.4 Å². The van der Waals surface area contributed by atoms with Crippen molar-refractivity contribution in [3.8, 4) is 22.7 Å². The number of imidazole rings is 1. The molecule has 0 unspecified atom stereocenters. The number of rotatable bonds is 6. The number of benzene rings is 3. The zero-order chi connectivity index (χ0) is 23.8. The second-order valence-electron chi connectivity index (χ2n) is 8.22. The van der Waals surface area contributed by atoms with E-state index < -0.39 is 0 Å². The molecule has 0 bridgehead atoms. The summed E-state index contributed by atoms with van der Waals surface area (Å²) in [6, 6.07) is 25.6. The molecular formula is C28H22N4O2S. The fraction of sp³-hybridized carbons (Fsp3) is 0.107. The van der Waals surface area contributed by atoms with Crippen LogP contribution in [-0.4, -0.2) is 25.8 Å². The Morgan fingerprint density at radius 3 is 2.54 bits per heavy atom. The van der Waals surface area contributed by atoms with E-state index in [1.54, 1.807) is 4.40 Å². The number of fused-ring (bicyclic) bond motifs is 3. The van der Waals surface area contributed by atoms with Crippen LogP contribution < -0.4 is 14.8 Å². The minimum atomic E-state index is -0.0691. The molecule has 6 aromatic rings. The van der Waals surface area contributed by atoms with Gasteiger partial charge in [-0.05, 0) is 61.0 Å². The first-order chi connectivity index (χ1) is 17.2. The third kappa shape index (κ3) is 3.90. The molecule has 0 amide bonds. The average Bonchev–Trinajstić information content (AvgIpc) is 3.57. The molecule has 0 fully saturated rings. The van der Waals surface area contributed by atoms with Crippen molar-refractivity contribution in [3.63, 3.8) is 0 Å². The van der Waals surface area contributed by atoms with Gasteiger partial charge in [-0.2, -0.15) is 5.10 Å². The Balaban J connectivity index is 1.50. The lowest BCUT2D eigenvalue weighted by Crippen LogP contribution is -2.22. The Morgan fingerprint density at radius 1 is 0.971 bits per heavy atom. The van der Waals surface area contributed by atoms with Crippen LogP contribution in [0, 0.1) is 0 Å². The first kappa shape index (κ1) is 21.3. The summed E-state index contributed by atoms with van der Waals surface area (Å²) in [5, 5.41) is 4.88. The maximum Gasteiger partial charge on any atom is 0.274 e. The average molecular weight is 479 g/mol. The summed E-state index contributed by atoms with van der Waals surface area (Å²) in [5.41, 5.74) is 5.14. The first-order valence-electron chi connectivity index (χ1n) is 11.5. The van der Waals surface area contributed by atoms with E-state index in [1.807, 2.05) is 95.8 Å². The van der Waals surface area contributed by atoms with Crippen LogP contribution in [0.25, 0.3) is 39.0 Å². The molecule has 3 aromatic carbocycles. The second kappa shape index (κ2) is 8.85. The van der Waals surface area contributed by atoms with Crippen molar-refractivity contribution in [2.45, 2.75) is 13.3 Å². The zero-order valence-corrected chi connectivity index (χ0v) is 19.9. The Labute approximate surface area is 205 Å². The van der Waals surface area contributed by atoms with Crippen molar-refractivity contribution in [1.82, 2.24) is 19.2 Å². The molecule has 0 aliphatic carbocycles. The van der Waals surface area contributed by atoms with Crippen LogP contribution in [0.3, 0.4) is 0 Å². The summed E-state index contributed by atoms with van der Waals surface area (Å²) < 4.78 is 9.90. The van der Waals surface area contributed by atoms with Gasteiger partial charge in [0.05, 0.1) is 27.9 Å². The topological polar surface area (TPSA) is 61.4 Å². The number of hydrogen-bond acceptors (Lipinski definition) is 5. The van der Waals surface area contributed by atoms with E-state index >= 15 is 0 Å². The Bertz CT molecular complexity index is 1750. The van der Waals surface area contributed by atoms with E-state index in [4.69, 9.17) is 9.84 Å². The monoisotopic (exact) mass is 478 g/mol. The molecule has 0 N–H and O–H groups in total. The summed E-state index contributed by atoms with van der Waals surface area (Å²) in [4.78, 5) is 18.7. The number of nitrogens with zero attached hydrogens (tertiary/aromatic N) is 4. The summed E-state index contributed by atoms with van der Waals surface area (Å²) in [5.74, 6) is 0.830. The molecule has 0 spiro atoms. The molecule has 35 heavy (non-hydrogen) atoms. The number of para-hydroxylation sites is 3. The van der Waals surface area contributed by atoms with Crippen LogP contribution in [0.1, 0.15) is 18.9 Å². The first-order valence-corrected chi connectivity index (χ1v) is 12.3. The standard InChI is InChI=1S/C28H22N4O2S/c1-2-16-34-22-14-12-19(13-15-22)26-20(18-31(30-26)21-8-4-3-5-9-21)17-25-27(33)32-24-11-7-6-10-23(24)29-28(32)35-25/h3-15,17-18H,2,16H2,1H3. The Kier molecular flexibility index (Phi) is 5.39. The van der Waals surface area contributed by atoms with E-state index in [0.29, 0.717) is 16.1 Å². The molecule has 6 nitrogen and oxygen atoms in total. The maximum absolute atomic E-state index is 13.3. The smallest absolute Gasteiger partial charge is 0.274 e. The molecule has 0 saturated heterocycles. The molecule has 3 aromatic heterocycles. The summed E-state index contributed by atoms with van der Waals surface area (Å²) in [6.45, 7) is 2.77. The van der Waals surface area contributed by atoms with Crippen LogP contribution in [0.4, 0.5) is 0 Å². The van der Waals surface area contributed by atoms with Gasteiger partial charge < -0.3 is 4.74 Å². The van der Waals surface area contributed by atoms with E-state index in [-0.39, 0.29) is 5.56 Å². The number of aromatic nitrogens is 4. The summed E-state index contributed by atoms with van der Waals surface area (Å²) >= 11 is 1.39. The largest absolute Gasteiger partial charge is 0.494 e. The van der Waals surface area contributed by atoms with Gasteiger partial charge >= 0.3 is 0 Å².